The molecule has 0 bridgehead atoms. The lowest BCUT2D eigenvalue weighted by Crippen LogP contribution is -2.36. The second-order valence-electron chi connectivity index (χ2n) is 3.53. The maximum atomic E-state index is 10.4. The average molecular weight is 223 g/mol. The average Bonchev–Trinajstić information content (AvgIpc) is 2.24. The molecule has 1 aromatic rings. The number of primary amides is 1. The van der Waals surface area contributed by atoms with Gasteiger partial charge in [-0.1, -0.05) is 18.2 Å². The van der Waals surface area contributed by atoms with Crippen molar-refractivity contribution in [3.63, 3.8) is 0 Å². The predicted octanol–water partition coefficient (Wildman–Crippen LogP) is 0.711. The molecule has 5 N–H and O–H groups in total. The quantitative estimate of drug-likeness (QED) is 0.554. The van der Waals surface area contributed by atoms with Crippen LogP contribution in [0.15, 0.2) is 24.3 Å². The molecule has 88 valence electrons. The van der Waals surface area contributed by atoms with Crippen molar-refractivity contribution in [2.24, 2.45) is 5.73 Å². The van der Waals surface area contributed by atoms with E-state index in [1.165, 1.54) is 0 Å². The Labute approximate surface area is 94.7 Å². The Balaban J connectivity index is 2.38. The lowest BCUT2D eigenvalue weighted by molar-refractivity contribution is 0.249. The maximum Gasteiger partial charge on any atom is 0.312 e. The summed E-state index contributed by atoms with van der Waals surface area (Å²) in [5.41, 5.74) is 5.76. The minimum Gasteiger partial charge on any atom is -0.508 e. The lowest BCUT2D eigenvalue weighted by Gasteiger charge is -2.15. The summed E-state index contributed by atoms with van der Waals surface area (Å²) < 4.78 is 0. The van der Waals surface area contributed by atoms with Crippen molar-refractivity contribution in [2.45, 2.75) is 13.0 Å². The third-order valence-corrected chi connectivity index (χ3v) is 2.28. The highest BCUT2D eigenvalue weighted by Crippen LogP contribution is 2.22. The zero-order valence-corrected chi connectivity index (χ0v) is 9.23. The number of aromatic hydroxyl groups is 1. The Morgan fingerprint density at radius 2 is 2.12 bits per heavy atom. The SMILES string of the molecule is CC(NCCNC(N)=O)c1ccccc1O. The van der Waals surface area contributed by atoms with Crippen molar-refractivity contribution in [3.05, 3.63) is 29.8 Å². The fraction of sp³-hybridized carbons (Fsp3) is 0.364. The Kier molecular flexibility index (Phi) is 4.60. The Bertz CT molecular complexity index is 355. The first kappa shape index (κ1) is 12.3. The zero-order valence-electron chi connectivity index (χ0n) is 9.23. The van der Waals surface area contributed by atoms with Crippen molar-refractivity contribution < 1.29 is 9.90 Å². The van der Waals surface area contributed by atoms with Gasteiger partial charge in [0.1, 0.15) is 5.75 Å². The fourth-order valence-corrected chi connectivity index (χ4v) is 1.44. The van der Waals surface area contributed by atoms with Crippen molar-refractivity contribution >= 4 is 6.03 Å². The van der Waals surface area contributed by atoms with Crippen molar-refractivity contribution in [1.82, 2.24) is 10.6 Å². The predicted molar refractivity (Wildman–Crippen MR) is 62.1 cm³/mol. The van der Waals surface area contributed by atoms with E-state index in [1.54, 1.807) is 12.1 Å². The molecule has 16 heavy (non-hydrogen) atoms. The van der Waals surface area contributed by atoms with Crippen LogP contribution in [-0.4, -0.2) is 24.2 Å². The number of phenolic OH excluding ortho intramolecular Hbond substituents is 1. The molecule has 0 saturated heterocycles. The Hall–Kier alpha value is -1.75. The largest absolute Gasteiger partial charge is 0.508 e. The third-order valence-electron chi connectivity index (χ3n) is 2.28. The Morgan fingerprint density at radius 3 is 2.75 bits per heavy atom. The molecule has 5 nitrogen and oxygen atoms in total. The summed E-state index contributed by atoms with van der Waals surface area (Å²) in [6, 6.07) is 6.64. The van der Waals surface area contributed by atoms with E-state index in [4.69, 9.17) is 5.73 Å². The summed E-state index contributed by atoms with van der Waals surface area (Å²) in [6.45, 7) is 3.00. The molecule has 0 saturated carbocycles. The molecule has 1 rings (SSSR count). The highest BCUT2D eigenvalue weighted by molar-refractivity contribution is 5.71. The third kappa shape index (κ3) is 3.78. The van der Waals surface area contributed by atoms with Crippen molar-refractivity contribution in [1.29, 1.82) is 0 Å². The number of amides is 2. The molecular formula is C11H17N3O2. The number of benzene rings is 1. The minimum absolute atomic E-state index is 0.0240. The van der Waals surface area contributed by atoms with E-state index in [2.05, 4.69) is 10.6 Å². The Morgan fingerprint density at radius 1 is 1.44 bits per heavy atom. The van der Waals surface area contributed by atoms with Gasteiger partial charge < -0.3 is 21.5 Å². The number of nitrogens with one attached hydrogen (secondary N) is 2. The number of hydrogen-bond donors (Lipinski definition) is 4. The van der Waals surface area contributed by atoms with Crippen molar-refractivity contribution in [3.8, 4) is 5.75 Å². The molecule has 5 heteroatoms. The second kappa shape index (κ2) is 5.97. The summed E-state index contributed by atoms with van der Waals surface area (Å²) >= 11 is 0. The van der Waals surface area contributed by atoms with Gasteiger partial charge in [0.2, 0.25) is 0 Å². The van der Waals surface area contributed by atoms with Crippen LogP contribution in [0.2, 0.25) is 0 Å². The minimum atomic E-state index is -0.531. The molecule has 0 heterocycles. The number of phenols is 1. The molecule has 0 aliphatic rings. The lowest BCUT2D eigenvalue weighted by atomic mass is 10.1. The summed E-state index contributed by atoms with van der Waals surface area (Å²) in [5.74, 6) is 0.269. The van der Waals surface area contributed by atoms with E-state index < -0.39 is 6.03 Å². The van der Waals surface area contributed by atoms with Crippen LogP contribution in [0.25, 0.3) is 0 Å². The number of hydrogen-bond acceptors (Lipinski definition) is 3. The van der Waals surface area contributed by atoms with Gasteiger partial charge in [-0.25, -0.2) is 4.79 Å². The van der Waals surface area contributed by atoms with Gasteiger partial charge in [0.15, 0.2) is 0 Å². The standard InChI is InChI=1S/C11H17N3O2/c1-8(13-6-7-14-11(12)16)9-4-2-3-5-10(9)15/h2-5,8,13,15H,6-7H2,1H3,(H3,12,14,16). The number of urea groups is 1. The van der Waals surface area contributed by atoms with Gasteiger partial charge in [0, 0.05) is 24.7 Å². The summed E-state index contributed by atoms with van der Waals surface area (Å²) in [7, 11) is 0. The number of carbonyl (C=O) groups excluding carboxylic acids is 1. The first-order valence-corrected chi connectivity index (χ1v) is 5.16. The highest BCUT2D eigenvalue weighted by Gasteiger charge is 2.08. The monoisotopic (exact) mass is 223 g/mol. The molecule has 2 amide bonds. The zero-order chi connectivity index (χ0) is 12.0. The van der Waals surface area contributed by atoms with Gasteiger partial charge in [-0.2, -0.15) is 0 Å². The van der Waals surface area contributed by atoms with Crippen LogP contribution < -0.4 is 16.4 Å². The smallest absolute Gasteiger partial charge is 0.312 e. The number of nitrogens with two attached hydrogens (primary N) is 1. The summed E-state index contributed by atoms with van der Waals surface area (Å²) in [6.07, 6.45) is 0. The van der Waals surface area contributed by atoms with E-state index in [1.807, 2.05) is 19.1 Å². The van der Waals surface area contributed by atoms with Gasteiger partial charge in [-0.3, -0.25) is 0 Å². The highest BCUT2D eigenvalue weighted by atomic mass is 16.3. The van der Waals surface area contributed by atoms with Gasteiger partial charge in [0.25, 0.3) is 0 Å². The van der Waals surface area contributed by atoms with Crippen molar-refractivity contribution in [2.75, 3.05) is 13.1 Å². The molecule has 1 aromatic carbocycles. The van der Waals surface area contributed by atoms with Gasteiger partial charge in [-0.15, -0.1) is 0 Å². The number of rotatable bonds is 5. The van der Waals surface area contributed by atoms with E-state index in [-0.39, 0.29) is 11.8 Å². The molecule has 0 aliphatic heterocycles. The molecule has 0 radical (unpaired) electrons. The van der Waals surface area contributed by atoms with Crippen LogP contribution >= 0.6 is 0 Å². The van der Waals surface area contributed by atoms with Crippen LogP contribution in [0.4, 0.5) is 4.79 Å². The van der Waals surface area contributed by atoms with Crippen LogP contribution in [0.1, 0.15) is 18.5 Å². The van der Waals surface area contributed by atoms with E-state index >= 15 is 0 Å². The molecule has 1 atom stereocenters. The summed E-state index contributed by atoms with van der Waals surface area (Å²) in [5, 5.41) is 15.2. The van der Waals surface area contributed by atoms with Gasteiger partial charge >= 0.3 is 6.03 Å². The van der Waals surface area contributed by atoms with E-state index in [0.29, 0.717) is 13.1 Å². The van der Waals surface area contributed by atoms with Gasteiger partial charge in [-0.05, 0) is 13.0 Å². The molecule has 1 unspecified atom stereocenters. The normalized spacial score (nSPS) is 12.1. The fourth-order valence-electron chi connectivity index (χ4n) is 1.44. The van der Waals surface area contributed by atoms with Crippen LogP contribution in [0.5, 0.6) is 5.75 Å². The number of carbonyl (C=O) groups is 1. The van der Waals surface area contributed by atoms with E-state index in [0.717, 1.165) is 5.56 Å². The molecule has 0 fully saturated rings. The van der Waals surface area contributed by atoms with Gasteiger partial charge in [0.05, 0.1) is 0 Å². The molecule has 0 spiro atoms. The second-order valence-corrected chi connectivity index (χ2v) is 3.53. The maximum absolute atomic E-state index is 10.4. The van der Waals surface area contributed by atoms with Crippen LogP contribution in [0, 0.1) is 0 Å². The molecule has 0 aromatic heterocycles. The first-order chi connectivity index (χ1) is 7.61. The summed E-state index contributed by atoms with van der Waals surface area (Å²) in [4.78, 5) is 10.4. The van der Waals surface area contributed by atoms with Crippen LogP contribution in [-0.2, 0) is 0 Å². The van der Waals surface area contributed by atoms with E-state index in [9.17, 15) is 9.90 Å². The molecular weight excluding hydrogens is 206 g/mol. The topological polar surface area (TPSA) is 87.4 Å². The first-order valence-electron chi connectivity index (χ1n) is 5.16. The molecule has 0 aliphatic carbocycles. The van der Waals surface area contributed by atoms with Crippen LogP contribution in [0.3, 0.4) is 0 Å². The number of para-hydroxylation sites is 1.